The Kier molecular flexibility index (Phi) is 5.27. The Morgan fingerprint density at radius 1 is 1.29 bits per heavy atom. The number of alkyl halides is 3. The number of hydrogen-bond acceptors (Lipinski definition) is 2. The maximum Gasteiger partial charge on any atom is 0.392 e. The van der Waals surface area contributed by atoms with Gasteiger partial charge in [-0.1, -0.05) is 42.7 Å². The van der Waals surface area contributed by atoms with Crippen molar-refractivity contribution in [1.29, 1.82) is 0 Å². The summed E-state index contributed by atoms with van der Waals surface area (Å²) in [5, 5.41) is 0. The number of aryl methyl sites for hydroxylation is 1. The zero-order chi connectivity index (χ0) is 15.5. The smallest absolute Gasteiger partial charge is 0.271 e. The van der Waals surface area contributed by atoms with E-state index >= 15 is 0 Å². The van der Waals surface area contributed by atoms with Crippen LogP contribution in [0.2, 0.25) is 0 Å². The molecule has 118 valence electrons. The number of nitrogens with two attached hydrogens (primary N) is 1. The number of halogens is 3. The van der Waals surface area contributed by atoms with Crippen LogP contribution in [0.5, 0.6) is 0 Å². The largest absolute Gasteiger partial charge is 0.392 e. The van der Waals surface area contributed by atoms with Crippen LogP contribution in [0.15, 0.2) is 24.3 Å². The van der Waals surface area contributed by atoms with E-state index in [1.54, 1.807) is 0 Å². The van der Waals surface area contributed by atoms with Crippen molar-refractivity contribution in [3.63, 3.8) is 0 Å². The van der Waals surface area contributed by atoms with Crippen LogP contribution in [0, 0.1) is 18.8 Å². The molecule has 2 nitrogen and oxygen atoms in total. The lowest BCUT2D eigenvalue weighted by molar-refractivity contribution is -0.199. The van der Waals surface area contributed by atoms with Gasteiger partial charge in [0.1, 0.15) is 0 Å². The van der Waals surface area contributed by atoms with Gasteiger partial charge in [-0.05, 0) is 37.7 Å². The monoisotopic (exact) mass is 300 g/mol. The predicted octanol–water partition coefficient (Wildman–Crippen LogP) is 3.74. The standard InChI is InChI=1S/C16H23F3N2/c1-11-5-4-6-12(9-11)10-15(21-20)13-7-2-3-8-14(13)16(17,18)19/h4-6,9,13-15,21H,2-3,7-8,10,20H2,1H3. The topological polar surface area (TPSA) is 38.0 Å². The van der Waals surface area contributed by atoms with Crippen molar-refractivity contribution in [2.45, 2.75) is 51.2 Å². The van der Waals surface area contributed by atoms with Crippen molar-refractivity contribution >= 4 is 0 Å². The third-order valence-electron chi connectivity index (χ3n) is 4.51. The lowest BCUT2D eigenvalue weighted by Gasteiger charge is -2.38. The average molecular weight is 300 g/mol. The lowest BCUT2D eigenvalue weighted by atomic mass is 9.73. The van der Waals surface area contributed by atoms with Crippen molar-refractivity contribution in [2.75, 3.05) is 0 Å². The molecule has 2 rings (SSSR count). The van der Waals surface area contributed by atoms with E-state index in [1.165, 1.54) is 0 Å². The summed E-state index contributed by atoms with van der Waals surface area (Å²) in [6.45, 7) is 1.98. The van der Waals surface area contributed by atoms with E-state index in [0.29, 0.717) is 19.3 Å². The quantitative estimate of drug-likeness (QED) is 0.656. The molecule has 0 aliphatic heterocycles. The molecule has 0 amide bonds. The van der Waals surface area contributed by atoms with Crippen molar-refractivity contribution < 1.29 is 13.2 Å². The number of rotatable bonds is 4. The minimum absolute atomic E-state index is 0.222. The summed E-state index contributed by atoms with van der Waals surface area (Å²) >= 11 is 0. The summed E-state index contributed by atoms with van der Waals surface area (Å²) in [5.74, 6) is 3.90. The van der Waals surface area contributed by atoms with E-state index in [0.717, 1.165) is 17.5 Å². The van der Waals surface area contributed by atoms with Crippen molar-refractivity contribution in [3.05, 3.63) is 35.4 Å². The second-order valence-corrected chi connectivity index (χ2v) is 6.06. The van der Waals surface area contributed by atoms with E-state index in [9.17, 15) is 13.2 Å². The zero-order valence-electron chi connectivity index (χ0n) is 12.3. The molecular weight excluding hydrogens is 277 g/mol. The first-order valence-corrected chi connectivity index (χ1v) is 7.50. The first kappa shape index (κ1) is 16.3. The van der Waals surface area contributed by atoms with Crippen molar-refractivity contribution in [1.82, 2.24) is 5.43 Å². The van der Waals surface area contributed by atoms with Gasteiger partial charge in [0.15, 0.2) is 0 Å². The first-order valence-electron chi connectivity index (χ1n) is 7.50. The van der Waals surface area contributed by atoms with Crippen LogP contribution in [0.4, 0.5) is 13.2 Å². The van der Waals surface area contributed by atoms with Gasteiger partial charge in [-0.25, -0.2) is 0 Å². The summed E-state index contributed by atoms with van der Waals surface area (Å²) in [6.07, 6.45) is -1.28. The Morgan fingerprint density at radius 2 is 2.00 bits per heavy atom. The Hall–Kier alpha value is -1.07. The normalized spacial score (nSPS) is 24.8. The van der Waals surface area contributed by atoms with E-state index < -0.39 is 18.0 Å². The predicted molar refractivity (Wildman–Crippen MR) is 77.5 cm³/mol. The second kappa shape index (κ2) is 6.79. The summed E-state index contributed by atoms with van der Waals surface area (Å²) in [4.78, 5) is 0. The number of benzene rings is 1. The molecule has 21 heavy (non-hydrogen) atoms. The molecule has 1 aromatic carbocycles. The van der Waals surface area contributed by atoms with Gasteiger partial charge in [-0.15, -0.1) is 0 Å². The van der Waals surface area contributed by atoms with Crippen molar-refractivity contribution in [3.8, 4) is 0 Å². The molecule has 0 heterocycles. The Labute approximate surface area is 123 Å². The van der Waals surface area contributed by atoms with Crippen LogP contribution in [0.3, 0.4) is 0 Å². The molecule has 0 aromatic heterocycles. The van der Waals surface area contributed by atoms with Gasteiger partial charge in [0, 0.05) is 6.04 Å². The molecule has 1 aliphatic rings. The fourth-order valence-corrected chi connectivity index (χ4v) is 3.47. The highest BCUT2D eigenvalue weighted by molar-refractivity contribution is 5.23. The molecule has 0 bridgehead atoms. The zero-order valence-corrected chi connectivity index (χ0v) is 12.3. The van der Waals surface area contributed by atoms with Gasteiger partial charge >= 0.3 is 6.18 Å². The van der Waals surface area contributed by atoms with Gasteiger partial charge in [0.2, 0.25) is 0 Å². The van der Waals surface area contributed by atoms with Gasteiger partial charge in [-0.2, -0.15) is 13.2 Å². The Morgan fingerprint density at radius 3 is 2.62 bits per heavy atom. The minimum Gasteiger partial charge on any atom is -0.271 e. The number of hydrogen-bond donors (Lipinski definition) is 2. The summed E-state index contributed by atoms with van der Waals surface area (Å²) < 4.78 is 39.7. The highest BCUT2D eigenvalue weighted by atomic mass is 19.4. The third-order valence-corrected chi connectivity index (χ3v) is 4.51. The van der Waals surface area contributed by atoms with E-state index in [-0.39, 0.29) is 12.5 Å². The molecule has 3 unspecified atom stereocenters. The van der Waals surface area contributed by atoms with Crippen LogP contribution < -0.4 is 11.3 Å². The van der Waals surface area contributed by atoms with Gasteiger partial charge in [0.25, 0.3) is 0 Å². The lowest BCUT2D eigenvalue weighted by Crippen LogP contribution is -2.49. The van der Waals surface area contributed by atoms with Gasteiger partial charge < -0.3 is 0 Å². The molecule has 1 saturated carbocycles. The summed E-state index contributed by atoms with van der Waals surface area (Å²) in [5.41, 5.74) is 4.78. The molecule has 0 radical (unpaired) electrons. The Balaban J connectivity index is 2.14. The average Bonchev–Trinajstić information content (AvgIpc) is 2.44. The van der Waals surface area contributed by atoms with Crippen LogP contribution in [0.25, 0.3) is 0 Å². The molecule has 0 saturated heterocycles. The van der Waals surface area contributed by atoms with Crippen LogP contribution in [0.1, 0.15) is 36.8 Å². The first-order chi connectivity index (χ1) is 9.91. The summed E-state index contributed by atoms with van der Waals surface area (Å²) in [7, 11) is 0. The van der Waals surface area contributed by atoms with Gasteiger partial charge in [-0.3, -0.25) is 11.3 Å². The van der Waals surface area contributed by atoms with Crippen LogP contribution >= 0.6 is 0 Å². The third kappa shape index (κ3) is 4.20. The summed E-state index contributed by atoms with van der Waals surface area (Å²) in [6, 6.07) is 7.53. The Bertz CT molecular complexity index is 459. The fourth-order valence-electron chi connectivity index (χ4n) is 3.47. The minimum atomic E-state index is -4.13. The molecule has 1 fully saturated rings. The van der Waals surface area contributed by atoms with E-state index in [2.05, 4.69) is 5.43 Å². The van der Waals surface area contributed by atoms with E-state index in [1.807, 2.05) is 31.2 Å². The van der Waals surface area contributed by atoms with Gasteiger partial charge in [0.05, 0.1) is 5.92 Å². The van der Waals surface area contributed by atoms with Crippen molar-refractivity contribution in [2.24, 2.45) is 17.7 Å². The maximum absolute atomic E-state index is 13.2. The molecular formula is C16H23F3N2. The molecule has 0 spiro atoms. The highest BCUT2D eigenvalue weighted by Crippen LogP contribution is 2.43. The molecule has 3 N–H and O–H groups in total. The number of hydrazine groups is 1. The molecule has 3 atom stereocenters. The number of nitrogens with one attached hydrogen (secondary N) is 1. The maximum atomic E-state index is 13.2. The van der Waals surface area contributed by atoms with Crippen LogP contribution in [-0.2, 0) is 6.42 Å². The molecule has 5 heteroatoms. The second-order valence-electron chi connectivity index (χ2n) is 6.06. The highest BCUT2D eigenvalue weighted by Gasteiger charge is 2.47. The van der Waals surface area contributed by atoms with Crippen LogP contribution in [-0.4, -0.2) is 12.2 Å². The fraction of sp³-hybridized carbons (Fsp3) is 0.625. The molecule has 1 aromatic rings. The molecule has 1 aliphatic carbocycles. The van der Waals surface area contributed by atoms with E-state index in [4.69, 9.17) is 5.84 Å². The SMILES string of the molecule is Cc1cccc(CC(NN)C2CCCCC2C(F)(F)F)c1.